The standard InChI is InChI=1S/C22H21BrN2O5/c1-25(13-15-6-9-17(28-2)12-19(15)29-3)22(27)14-4-7-16(8-5-14)24-21(26)18-10-11-20(23)30-18/h4-12H,13H2,1-3H3,(H,24,26). The van der Waals surface area contributed by atoms with E-state index in [2.05, 4.69) is 21.2 Å². The number of nitrogens with zero attached hydrogens (tertiary/aromatic N) is 1. The van der Waals surface area contributed by atoms with Crippen molar-refractivity contribution in [2.75, 3.05) is 26.6 Å². The quantitative estimate of drug-likeness (QED) is 0.543. The maximum absolute atomic E-state index is 12.8. The van der Waals surface area contributed by atoms with Crippen LogP contribution in [0.15, 0.2) is 63.7 Å². The number of benzene rings is 2. The monoisotopic (exact) mass is 472 g/mol. The Morgan fingerprint density at radius 1 is 1.03 bits per heavy atom. The van der Waals surface area contributed by atoms with Gasteiger partial charge in [-0.15, -0.1) is 0 Å². The number of carbonyl (C=O) groups excluding carboxylic acids is 2. The van der Waals surface area contributed by atoms with E-state index in [1.165, 1.54) is 0 Å². The Hall–Kier alpha value is -3.26. The smallest absolute Gasteiger partial charge is 0.291 e. The lowest BCUT2D eigenvalue weighted by Crippen LogP contribution is -2.26. The van der Waals surface area contributed by atoms with Crippen molar-refractivity contribution in [3.8, 4) is 11.5 Å². The van der Waals surface area contributed by atoms with E-state index in [0.717, 1.165) is 5.56 Å². The minimum atomic E-state index is -0.372. The SMILES string of the molecule is COc1ccc(CN(C)C(=O)c2ccc(NC(=O)c3ccc(Br)o3)cc2)c(OC)c1. The molecule has 30 heavy (non-hydrogen) atoms. The molecule has 0 fully saturated rings. The molecule has 1 N–H and O–H groups in total. The molecule has 1 aromatic heterocycles. The van der Waals surface area contributed by atoms with E-state index in [1.54, 1.807) is 68.6 Å². The Labute approximate surface area is 182 Å². The van der Waals surface area contributed by atoms with Crippen LogP contribution in [0.1, 0.15) is 26.5 Å². The summed E-state index contributed by atoms with van der Waals surface area (Å²) in [6, 6.07) is 15.4. The summed E-state index contributed by atoms with van der Waals surface area (Å²) in [4.78, 5) is 26.5. The minimum absolute atomic E-state index is 0.152. The molecule has 1 heterocycles. The lowest BCUT2D eigenvalue weighted by molar-refractivity contribution is 0.0784. The van der Waals surface area contributed by atoms with Gasteiger partial charge in [0.05, 0.1) is 14.2 Å². The van der Waals surface area contributed by atoms with Gasteiger partial charge < -0.3 is 24.1 Å². The highest BCUT2D eigenvalue weighted by atomic mass is 79.9. The molecule has 0 aliphatic rings. The van der Waals surface area contributed by atoms with Crippen molar-refractivity contribution in [2.24, 2.45) is 0 Å². The summed E-state index contributed by atoms with van der Waals surface area (Å²) in [6.07, 6.45) is 0. The Morgan fingerprint density at radius 2 is 1.77 bits per heavy atom. The number of amides is 2. The molecular formula is C22H21BrN2O5. The van der Waals surface area contributed by atoms with Crippen LogP contribution in [0, 0.1) is 0 Å². The number of hydrogen-bond acceptors (Lipinski definition) is 5. The van der Waals surface area contributed by atoms with Crippen molar-refractivity contribution in [2.45, 2.75) is 6.54 Å². The zero-order chi connectivity index (χ0) is 21.7. The second kappa shape index (κ2) is 9.49. The number of rotatable bonds is 7. The third-order valence-electron chi connectivity index (χ3n) is 4.44. The number of nitrogens with one attached hydrogen (secondary N) is 1. The lowest BCUT2D eigenvalue weighted by Gasteiger charge is -2.19. The Balaban J connectivity index is 1.66. The summed E-state index contributed by atoms with van der Waals surface area (Å²) in [7, 11) is 4.88. The van der Waals surface area contributed by atoms with Gasteiger partial charge in [-0.05, 0) is 64.5 Å². The number of halogens is 1. The lowest BCUT2D eigenvalue weighted by atomic mass is 10.1. The van der Waals surface area contributed by atoms with Crippen LogP contribution in [0.2, 0.25) is 0 Å². The van der Waals surface area contributed by atoms with Gasteiger partial charge in [-0.2, -0.15) is 0 Å². The Bertz CT molecular complexity index is 1050. The van der Waals surface area contributed by atoms with Crippen molar-refractivity contribution >= 4 is 33.4 Å². The van der Waals surface area contributed by atoms with Crippen LogP contribution >= 0.6 is 15.9 Å². The van der Waals surface area contributed by atoms with Crippen LogP contribution in [0.5, 0.6) is 11.5 Å². The molecule has 2 amide bonds. The third-order valence-corrected chi connectivity index (χ3v) is 4.86. The molecule has 0 spiro atoms. The van der Waals surface area contributed by atoms with E-state index < -0.39 is 0 Å². The summed E-state index contributed by atoms with van der Waals surface area (Å²) in [5.74, 6) is 1.00. The van der Waals surface area contributed by atoms with Gasteiger partial charge in [0.15, 0.2) is 10.4 Å². The molecule has 0 atom stereocenters. The van der Waals surface area contributed by atoms with Crippen molar-refractivity contribution in [1.82, 2.24) is 4.90 Å². The van der Waals surface area contributed by atoms with Crippen LogP contribution in [0.25, 0.3) is 0 Å². The maximum atomic E-state index is 12.8. The second-order valence-corrected chi connectivity index (χ2v) is 7.26. The first-order valence-electron chi connectivity index (χ1n) is 9.04. The molecule has 0 bridgehead atoms. The predicted octanol–water partition coefficient (Wildman–Crippen LogP) is 4.58. The molecule has 0 unspecified atom stereocenters. The van der Waals surface area contributed by atoms with Gasteiger partial charge in [0, 0.05) is 36.5 Å². The fraction of sp³-hybridized carbons (Fsp3) is 0.182. The van der Waals surface area contributed by atoms with Gasteiger partial charge in [0.25, 0.3) is 11.8 Å². The highest BCUT2D eigenvalue weighted by Gasteiger charge is 2.16. The Kier molecular flexibility index (Phi) is 6.79. The van der Waals surface area contributed by atoms with Crippen LogP contribution in [0.4, 0.5) is 5.69 Å². The van der Waals surface area contributed by atoms with Crippen LogP contribution in [-0.4, -0.2) is 38.0 Å². The highest BCUT2D eigenvalue weighted by molar-refractivity contribution is 9.10. The van der Waals surface area contributed by atoms with Crippen molar-refractivity contribution < 1.29 is 23.5 Å². The first kappa shape index (κ1) is 21.4. The summed E-state index contributed by atoms with van der Waals surface area (Å²) in [5, 5.41) is 2.73. The molecule has 2 aromatic carbocycles. The van der Waals surface area contributed by atoms with Gasteiger partial charge in [-0.25, -0.2) is 0 Å². The van der Waals surface area contributed by atoms with Gasteiger partial charge in [0.2, 0.25) is 0 Å². The summed E-state index contributed by atoms with van der Waals surface area (Å²) in [5.41, 5.74) is 1.93. The van der Waals surface area contributed by atoms with E-state index >= 15 is 0 Å². The molecule has 0 aliphatic carbocycles. The second-order valence-electron chi connectivity index (χ2n) is 6.47. The fourth-order valence-electron chi connectivity index (χ4n) is 2.86. The van der Waals surface area contributed by atoms with Crippen molar-refractivity contribution in [1.29, 1.82) is 0 Å². The molecule has 0 radical (unpaired) electrons. The van der Waals surface area contributed by atoms with E-state index in [9.17, 15) is 9.59 Å². The maximum Gasteiger partial charge on any atom is 0.291 e. The number of hydrogen-bond donors (Lipinski definition) is 1. The van der Waals surface area contributed by atoms with Crippen LogP contribution in [-0.2, 0) is 6.54 Å². The molecule has 7 nitrogen and oxygen atoms in total. The normalized spacial score (nSPS) is 10.4. The molecule has 0 saturated carbocycles. The number of ether oxygens (including phenoxy) is 2. The van der Waals surface area contributed by atoms with E-state index in [0.29, 0.717) is 34.0 Å². The number of methoxy groups -OCH3 is 2. The molecule has 0 aliphatic heterocycles. The van der Waals surface area contributed by atoms with Gasteiger partial charge >= 0.3 is 0 Å². The zero-order valence-electron chi connectivity index (χ0n) is 16.8. The highest BCUT2D eigenvalue weighted by Crippen LogP contribution is 2.26. The number of carbonyl (C=O) groups is 2. The summed E-state index contributed by atoms with van der Waals surface area (Å²) >= 11 is 3.16. The first-order valence-corrected chi connectivity index (χ1v) is 9.83. The molecule has 156 valence electrons. The molecule has 0 saturated heterocycles. The summed E-state index contributed by atoms with van der Waals surface area (Å²) in [6.45, 7) is 0.373. The average Bonchev–Trinajstić information content (AvgIpc) is 3.20. The van der Waals surface area contributed by atoms with Crippen molar-refractivity contribution in [3.63, 3.8) is 0 Å². The van der Waals surface area contributed by atoms with Gasteiger partial charge in [-0.1, -0.05) is 0 Å². The number of anilines is 1. The molecule has 3 aromatic rings. The largest absolute Gasteiger partial charge is 0.497 e. The third kappa shape index (κ3) is 5.01. The average molecular weight is 473 g/mol. The topological polar surface area (TPSA) is 81.0 Å². The number of furan rings is 1. The van der Waals surface area contributed by atoms with E-state index in [4.69, 9.17) is 13.9 Å². The predicted molar refractivity (Wildman–Crippen MR) is 116 cm³/mol. The van der Waals surface area contributed by atoms with Crippen molar-refractivity contribution in [3.05, 3.63) is 76.2 Å². The van der Waals surface area contributed by atoms with Gasteiger partial charge in [-0.3, -0.25) is 9.59 Å². The fourth-order valence-corrected chi connectivity index (χ4v) is 3.16. The first-order chi connectivity index (χ1) is 14.4. The van der Waals surface area contributed by atoms with E-state index in [-0.39, 0.29) is 17.6 Å². The minimum Gasteiger partial charge on any atom is -0.497 e. The Morgan fingerprint density at radius 3 is 2.37 bits per heavy atom. The van der Waals surface area contributed by atoms with Crippen LogP contribution < -0.4 is 14.8 Å². The molecule has 3 rings (SSSR count). The van der Waals surface area contributed by atoms with Gasteiger partial charge in [0.1, 0.15) is 11.5 Å². The van der Waals surface area contributed by atoms with Crippen LogP contribution in [0.3, 0.4) is 0 Å². The zero-order valence-corrected chi connectivity index (χ0v) is 18.4. The molecular weight excluding hydrogens is 452 g/mol. The van der Waals surface area contributed by atoms with E-state index in [1.807, 2.05) is 12.1 Å². The molecule has 8 heteroatoms. The summed E-state index contributed by atoms with van der Waals surface area (Å²) < 4.78 is 16.3.